The molecule has 0 fully saturated rings. The lowest BCUT2D eigenvalue weighted by Crippen LogP contribution is -2.12. The van der Waals surface area contributed by atoms with Crippen LogP contribution in [0.15, 0.2) is 30.5 Å². The van der Waals surface area contributed by atoms with Gasteiger partial charge in [0.05, 0.1) is 0 Å². The van der Waals surface area contributed by atoms with Crippen molar-refractivity contribution in [2.45, 2.75) is 25.7 Å². The highest BCUT2D eigenvalue weighted by atomic mass is 16.1. The third-order valence-electron chi connectivity index (χ3n) is 4.19. The molecule has 1 aliphatic heterocycles. The van der Waals surface area contributed by atoms with Crippen LogP contribution in [0.2, 0.25) is 0 Å². The number of Topliss-reactive ketones (excluding diaryl/α,β-unsaturated/α-hetero) is 1. The Hall–Kier alpha value is -2.03. The minimum atomic E-state index is 0.294. The van der Waals surface area contributed by atoms with Crippen LogP contribution in [-0.2, 0) is 12.8 Å². The Bertz CT molecular complexity index is 669. The van der Waals surface area contributed by atoms with Gasteiger partial charge in [0.1, 0.15) is 0 Å². The number of nitrogens with zero attached hydrogens (tertiary/aromatic N) is 1. The van der Waals surface area contributed by atoms with Gasteiger partial charge in [-0.25, -0.2) is 0 Å². The maximum atomic E-state index is 11.9. The molecular weight excluding hydrogens is 236 g/mol. The molecule has 1 aromatic heterocycles. The Balaban J connectivity index is 1.83. The highest BCUT2D eigenvalue weighted by Crippen LogP contribution is 2.29. The molecule has 96 valence electrons. The zero-order valence-electron chi connectivity index (χ0n) is 10.8. The molecule has 4 rings (SSSR count). The van der Waals surface area contributed by atoms with Crippen molar-refractivity contribution in [3.8, 4) is 5.69 Å². The van der Waals surface area contributed by atoms with Crippen LogP contribution in [0.5, 0.6) is 0 Å². The Morgan fingerprint density at radius 1 is 1.11 bits per heavy atom. The van der Waals surface area contributed by atoms with E-state index in [-0.39, 0.29) is 0 Å². The lowest BCUT2D eigenvalue weighted by molar-refractivity contribution is 0.0972. The predicted octanol–water partition coefficient (Wildman–Crippen LogP) is 2.96. The third kappa shape index (κ3) is 1.61. The van der Waals surface area contributed by atoms with Crippen molar-refractivity contribution in [3.63, 3.8) is 0 Å². The highest BCUT2D eigenvalue weighted by Gasteiger charge is 2.21. The zero-order valence-corrected chi connectivity index (χ0v) is 10.8. The molecule has 3 nitrogen and oxygen atoms in total. The largest absolute Gasteiger partial charge is 0.384 e. The van der Waals surface area contributed by atoms with E-state index in [0.29, 0.717) is 12.2 Å². The topological polar surface area (TPSA) is 34.0 Å². The highest BCUT2D eigenvalue weighted by molar-refractivity contribution is 5.98. The summed E-state index contributed by atoms with van der Waals surface area (Å²) in [4.78, 5) is 11.9. The van der Waals surface area contributed by atoms with Gasteiger partial charge in [0.2, 0.25) is 0 Å². The van der Waals surface area contributed by atoms with Crippen LogP contribution >= 0.6 is 0 Å². The SMILES string of the molecule is O=C1CCCc2c1ccn2-c1ccc2c(c1)CCN2. The number of ketones is 1. The molecule has 0 unspecified atom stereocenters. The molecule has 3 heteroatoms. The van der Waals surface area contributed by atoms with E-state index in [1.54, 1.807) is 0 Å². The van der Waals surface area contributed by atoms with E-state index in [2.05, 4.69) is 28.1 Å². The smallest absolute Gasteiger partial charge is 0.164 e. The first-order valence-electron chi connectivity index (χ1n) is 6.93. The Labute approximate surface area is 112 Å². The van der Waals surface area contributed by atoms with E-state index in [0.717, 1.165) is 31.4 Å². The first kappa shape index (κ1) is 10.9. The van der Waals surface area contributed by atoms with Gasteiger partial charge in [-0.2, -0.15) is 0 Å². The molecule has 1 aliphatic carbocycles. The van der Waals surface area contributed by atoms with E-state index in [1.807, 2.05) is 12.3 Å². The summed E-state index contributed by atoms with van der Waals surface area (Å²) in [5.74, 6) is 0.294. The summed E-state index contributed by atoms with van der Waals surface area (Å²) < 4.78 is 2.19. The van der Waals surface area contributed by atoms with Gasteiger partial charge in [-0.1, -0.05) is 0 Å². The van der Waals surface area contributed by atoms with Gasteiger partial charge in [-0.15, -0.1) is 0 Å². The molecule has 0 radical (unpaired) electrons. The molecule has 0 bridgehead atoms. The molecule has 0 saturated carbocycles. The van der Waals surface area contributed by atoms with E-state index in [9.17, 15) is 4.79 Å². The summed E-state index contributed by atoms with van der Waals surface area (Å²) in [6.45, 7) is 1.03. The number of hydrogen-bond acceptors (Lipinski definition) is 2. The maximum absolute atomic E-state index is 11.9. The van der Waals surface area contributed by atoms with E-state index < -0.39 is 0 Å². The fourth-order valence-corrected chi connectivity index (χ4v) is 3.21. The normalized spacial score (nSPS) is 16.9. The second-order valence-corrected chi connectivity index (χ2v) is 5.34. The maximum Gasteiger partial charge on any atom is 0.164 e. The molecule has 0 atom stereocenters. The summed E-state index contributed by atoms with van der Waals surface area (Å²) in [6.07, 6.45) is 5.81. The molecule has 2 aromatic rings. The fourth-order valence-electron chi connectivity index (χ4n) is 3.21. The lowest BCUT2D eigenvalue weighted by Gasteiger charge is -2.15. The average Bonchev–Trinajstić information content (AvgIpc) is 3.04. The number of hydrogen-bond donors (Lipinski definition) is 1. The van der Waals surface area contributed by atoms with Crippen molar-refractivity contribution < 1.29 is 4.79 Å². The number of rotatable bonds is 1. The van der Waals surface area contributed by atoms with Crippen LogP contribution in [0, 0.1) is 0 Å². The van der Waals surface area contributed by atoms with Gasteiger partial charge in [-0.3, -0.25) is 4.79 Å². The number of benzene rings is 1. The number of nitrogens with one attached hydrogen (secondary N) is 1. The number of anilines is 1. The van der Waals surface area contributed by atoms with Crippen molar-refractivity contribution in [1.29, 1.82) is 0 Å². The lowest BCUT2D eigenvalue weighted by atomic mass is 9.96. The van der Waals surface area contributed by atoms with Crippen LogP contribution < -0.4 is 5.32 Å². The minimum Gasteiger partial charge on any atom is -0.384 e. The standard InChI is InChI=1S/C16H16N2O/c19-16-3-1-2-15-13(16)7-9-18(15)12-4-5-14-11(10-12)6-8-17-14/h4-5,7,9-10,17H,1-3,6,8H2. The van der Waals surface area contributed by atoms with Crippen molar-refractivity contribution in [2.24, 2.45) is 0 Å². The van der Waals surface area contributed by atoms with Gasteiger partial charge in [-0.05, 0) is 49.1 Å². The van der Waals surface area contributed by atoms with Gasteiger partial charge < -0.3 is 9.88 Å². The van der Waals surface area contributed by atoms with E-state index in [4.69, 9.17) is 0 Å². The first-order valence-corrected chi connectivity index (χ1v) is 6.93. The summed E-state index contributed by atoms with van der Waals surface area (Å²) in [7, 11) is 0. The summed E-state index contributed by atoms with van der Waals surface area (Å²) in [5, 5.41) is 3.38. The van der Waals surface area contributed by atoms with Gasteiger partial charge >= 0.3 is 0 Å². The van der Waals surface area contributed by atoms with Crippen molar-refractivity contribution >= 4 is 11.5 Å². The molecule has 0 saturated heterocycles. The minimum absolute atomic E-state index is 0.294. The fraction of sp³-hybridized carbons (Fsp3) is 0.312. The quantitative estimate of drug-likeness (QED) is 0.846. The summed E-state index contributed by atoms with van der Waals surface area (Å²) in [6, 6.07) is 8.50. The number of carbonyl (C=O) groups is 1. The number of fused-ring (bicyclic) bond motifs is 2. The Morgan fingerprint density at radius 2 is 2.05 bits per heavy atom. The van der Waals surface area contributed by atoms with E-state index >= 15 is 0 Å². The van der Waals surface area contributed by atoms with Crippen LogP contribution in [0.4, 0.5) is 5.69 Å². The second-order valence-electron chi connectivity index (χ2n) is 5.34. The van der Waals surface area contributed by atoms with Crippen LogP contribution in [0.3, 0.4) is 0 Å². The molecule has 0 amide bonds. The molecule has 0 spiro atoms. The summed E-state index contributed by atoms with van der Waals surface area (Å²) >= 11 is 0. The third-order valence-corrected chi connectivity index (χ3v) is 4.19. The molecule has 1 N–H and O–H groups in total. The Kier molecular flexibility index (Phi) is 2.28. The first-order chi connectivity index (χ1) is 9.33. The molecule has 2 aliphatic rings. The van der Waals surface area contributed by atoms with Gasteiger partial charge in [0, 0.05) is 41.8 Å². The van der Waals surface area contributed by atoms with Gasteiger partial charge in [0.25, 0.3) is 0 Å². The van der Waals surface area contributed by atoms with Crippen molar-refractivity contribution in [1.82, 2.24) is 4.57 Å². The number of carbonyl (C=O) groups excluding carboxylic acids is 1. The molecule has 19 heavy (non-hydrogen) atoms. The summed E-state index contributed by atoms with van der Waals surface area (Å²) in [5.41, 5.74) is 5.91. The predicted molar refractivity (Wildman–Crippen MR) is 75.2 cm³/mol. The van der Waals surface area contributed by atoms with E-state index in [1.165, 1.54) is 22.6 Å². The number of aromatic nitrogens is 1. The van der Waals surface area contributed by atoms with Gasteiger partial charge in [0.15, 0.2) is 5.78 Å². The van der Waals surface area contributed by atoms with Crippen molar-refractivity contribution in [3.05, 3.63) is 47.3 Å². The molecule has 1 aromatic carbocycles. The second kappa shape index (κ2) is 3.98. The zero-order chi connectivity index (χ0) is 12.8. The van der Waals surface area contributed by atoms with Crippen LogP contribution in [0.1, 0.15) is 34.5 Å². The average molecular weight is 252 g/mol. The monoisotopic (exact) mass is 252 g/mol. The Morgan fingerprint density at radius 3 is 3.00 bits per heavy atom. The molecule has 2 heterocycles. The van der Waals surface area contributed by atoms with Crippen molar-refractivity contribution in [2.75, 3.05) is 11.9 Å². The van der Waals surface area contributed by atoms with Crippen LogP contribution in [0.25, 0.3) is 5.69 Å². The van der Waals surface area contributed by atoms with Crippen LogP contribution in [-0.4, -0.2) is 16.9 Å². The molecular formula is C16H16N2O.